The summed E-state index contributed by atoms with van der Waals surface area (Å²) in [6, 6.07) is 9.96. The van der Waals surface area contributed by atoms with Crippen LogP contribution >= 0.6 is 11.6 Å². The van der Waals surface area contributed by atoms with Crippen molar-refractivity contribution in [2.75, 3.05) is 10.2 Å². The molecule has 1 unspecified atom stereocenters. The van der Waals surface area contributed by atoms with Gasteiger partial charge in [0, 0.05) is 65.7 Å². The minimum atomic E-state index is -2.70. The molecule has 44 heavy (non-hydrogen) atoms. The zero-order chi connectivity index (χ0) is 31.6. The third-order valence-electron chi connectivity index (χ3n) is 8.20. The Hall–Kier alpha value is -4.08. The number of hydrogen-bond donors (Lipinski definition) is 2. The maximum Gasteiger partial charge on any atom is 0.248 e. The number of carbonyl (C=O) groups is 2. The summed E-state index contributed by atoms with van der Waals surface area (Å²) in [5.74, 6) is -7.33. The summed E-state index contributed by atoms with van der Waals surface area (Å²) in [5.41, 5.74) is -0.151. The van der Waals surface area contributed by atoms with Gasteiger partial charge in [-0.1, -0.05) is 29.8 Å². The van der Waals surface area contributed by atoms with Gasteiger partial charge in [0.05, 0.1) is 0 Å². The molecule has 1 amide bonds. The smallest absolute Gasteiger partial charge is 0.248 e. The molecule has 2 fully saturated rings. The Bertz CT molecular complexity index is 1610. The highest BCUT2D eigenvalue weighted by Gasteiger charge is 2.44. The monoisotopic (exact) mass is 629 g/mol. The van der Waals surface area contributed by atoms with Gasteiger partial charge >= 0.3 is 0 Å². The second kappa shape index (κ2) is 12.9. The van der Waals surface area contributed by atoms with E-state index in [9.17, 15) is 33.1 Å². The molecule has 2 aromatic carbocycles. The summed E-state index contributed by atoms with van der Waals surface area (Å²) in [7, 11) is 0. The number of carbonyl (C=O) groups excluding carboxylic acids is 2. The van der Waals surface area contributed by atoms with Gasteiger partial charge in [0.15, 0.2) is 5.78 Å². The quantitative estimate of drug-likeness (QED) is 0.261. The lowest BCUT2D eigenvalue weighted by molar-refractivity contribution is -0.120. The molecule has 2 heterocycles. The van der Waals surface area contributed by atoms with Crippen LogP contribution in [0, 0.1) is 28.9 Å². The number of nitrogens with one attached hydrogen (secondary N) is 1. The van der Waals surface area contributed by atoms with E-state index in [-0.39, 0.29) is 71.7 Å². The molecule has 13 heteroatoms. The van der Waals surface area contributed by atoms with Gasteiger partial charge in [-0.3, -0.25) is 14.5 Å². The number of amides is 1. The number of aromatic nitrogens is 2. The van der Waals surface area contributed by atoms with Crippen molar-refractivity contribution in [1.29, 1.82) is 5.26 Å². The molecule has 8 nitrogen and oxygen atoms in total. The first-order chi connectivity index (χ1) is 21.0. The highest BCUT2D eigenvalue weighted by molar-refractivity contribution is 6.31. The van der Waals surface area contributed by atoms with Crippen molar-refractivity contribution in [3.05, 3.63) is 82.1 Å². The predicted octanol–water partition coefficient (Wildman–Crippen LogP) is 6.45. The Morgan fingerprint density at radius 1 is 1.20 bits per heavy atom. The fourth-order valence-electron chi connectivity index (χ4n) is 5.88. The number of benzene rings is 2. The minimum absolute atomic E-state index is 0.00283. The molecule has 1 aliphatic heterocycles. The molecule has 1 aliphatic carbocycles. The van der Waals surface area contributed by atoms with E-state index in [1.165, 1.54) is 12.3 Å². The van der Waals surface area contributed by atoms with Gasteiger partial charge in [0.1, 0.15) is 35.7 Å². The number of anilines is 2. The van der Waals surface area contributed by atoms with Crippen LogP contribution in [0.4, 0.5) is 29.2 Å². The van der Waals surface area contributed by atoms with E-state index in [0.717, 1.165) is 11.0 Å². The summed E-state index contributed by atoms with van der Waals surface area (Å²) in [5, 5.41) is 23.5. The van der Waals surface area contributed by atoms with Crippen LogP contribution in [-0.4, -0.2) is 38.9 Å². The van der Waals surface area contributed by atoms with E-state index in [1.54, 1.807) is 24.3 Å². The van der Waals surface area contributed by atoms with E-state index < -0.39 is 48.1 Å². The number of aliphatic hydroxyl groups is 1. The number of halogens is 5. The average molecular weight is 630 g/mol. The first-order valence-electron chi connectivity index (χ1n) is 14.1. The van der Waals surface area contributed by atoms with Gasteiger partial charge in [0.2, 0.25) is 17.8 Å². The Labute approximate surface area is 255 Å². The molecule has 0 spiro atoms. The summed E-state index contributed by atoms with van der Waals surface area (Å²) in [6.45, 7) is 0. The lowest BCUT2D eigenvalue weighted by atomic mass is 9.83. The second-order valence-corrected chi connectivity index (χ2v) is 11.5. The average Bonchev–Trinajstić information content (AvgIpc) is 3.28. The lowest BCUT2D eigenvalue weighted by Crippen LogP contribution is -2.36. The molecular weight excluding hydrogens is 602 g/mol. The van der Waals surface area contributed by atoms with Crippen LogP contribution in [0.3, 0.4) is 0 Å². The maximum atomic E-state index is 15.5. The van der Waals surface area contributed by atoms with Crippen LogP contribution < -0.4 is 10.2 Å². The highest BCUT2D eigenvalue weighted by atomic mass is 35.5. The molecule has 230 valence electrons. The normalized spacial score (nSPS) is 20.8. The van der Waals surface area contributed by atoms with Gasteiger partial charge in [-0.25, -0.2) is 27.5 Å². The van der Waals surface area contributed by atoms with Crippen LogP contribution in [-0.2, 0) is 9.59 Å². The molecule has 3 atom stereocenters. The summed E-state index contributed by atoms with van der Waals surface area (Å²) in [4.78, 5) is 35.4. The van der Waals surface area contributed by atoms with Gasteiger partial charge in [-0.15, -0.1) is 0 Å². The molecular formula is C31H28ClF4N5O3. The third-order valence-corrected chi connectivity index (χ3v) is 8.54. The number of ketones is 1. The Morgan fingerprint density at radius 2 is 1.93 bits per heavy atom. The predicted molar refractivity (Wildman–Crippen MR) is 153 cm³/mol. The van der Waals surface area contributed by atoms with Crippen LogP contribution in [0.15, 0.2) is 48.7 Å². The second-order valence-electron chi connectivity index (χ2n) is 11.1. The first-order valence-corrected chi connectivity index (χ1v) is 14.5. The van der Waals surface area contributed by atoms with E-state index in [4.69, 9.17) is 11.6 Å². The Balaban J connectivity index is 1.45. The number of nitriles is 1. The summed E-state index contributed by atoms with van der Waals surface area (Å²) >= 11 is 6.44. The fraction of sp³-hybridized carbons (Fsp3) is 0.387. The van der Waals surface area contributed by atoms with Gasteiger partial charge in [-0.05, 0) is 43.4 Å². The van der Waals surface area contributed by atoms with E-state index in [0.29, 0.717) is 18.1 Å². The number of nitrogens with zero attached hydrogens (tertiary/aromatic N) is 4. The van der Waals surface area contributed by atoms with Crippen molar-refractivity contribution in [1.82, 2.24) is 9.97 Å². The van der Waals surface area contributed by atoms with Crippen LogP contribution in [0.5, 0.6) is 0 Å². The SMILES string of the molecule is N#Cc1ccnc(N2C(=O)CC(c3c(F)cc(F)cc3N[C@H](C(=O)CCC3CCC(F)(F)CC3)c3ccccc3Cl)[C@H]2O)n1. The van der Waals surface area contributed by atoms with Crippen molar-refractivity contribution in [2.24, 2.45) is 5.92 Å². The molecule has 2 aliphatic rings. The fourth-order valence-corrected chi connectivity index (χ4v) is 6.13. The van der Waals surface area contributed by atoms with Gasteiger partial charge < -0.3 is 10.4 Å². The van der Waals surface area contributed by atoms with Gasteiger partial charge in [-0.2, -0.15) is 5.26 Å². The van der Waals surface area contributed by atoms with Crippen molar-refractivity contribution >= 4 is 34.9 Å². The number of alkyl halides is 2. The molecule has 3 aromatic rings. The van der Waals surface area contributed by atoms with Crippen molar-refractivity contribution in [3.63, 3.8) is 0 Å². The number of hydrogen-bond acceptors (Lipinski definition) is 7. The topological polar surface area (TPSA) is 119 Å². The van der Waals surface area contributed by atoms with Crippen molar-refractivity contribution in [2.45, 2.75) is 69.1 Å². The molecule has 5 rings (SSSR count). The standard InChI is InChI=1S/C31H28ClF4N5O3/c32-22-4-2-1-3-20(22)28(25(42)6-5-17-7-10-31(35,36)11-8-17)40-24-14-18(33)13-23(34)27(24)21-15-26(43)41(29(21)44)30-38-12-9-19(16-37)39-30/h1-4,9,12-14,17,21,28-29,40,44H,5-8,10-11,15H2/t21?,28-,29+/m0/s1. The van der Waals surface area contributed by atoms with E-state index in [1.807, 2.05) is 6.07 Å². The van der Waals surface area contributed by atoms with E-state index in [2.05, 4.69) is 15.3 Å². The van der Waals surface area contributed by atoms with E-state index >= 15 is 4.39 Å². The highest BCUT2D eigenvalue weighted by Crippen LogP contribution is 2.42. The number of rotatable bonds is 9. The number of Topliss-reactive ketones (excluding diaryl/α,β-unsaturated/α-hetero) is 1. The molecule has 1 saturated carbocycles. The van der Waals surface area contributed by atoms with Crippen molar-refractivity contribution < 1.29 is 32.3 Å². The van der Waals surface area contributed by atoms with Crippen LogP contribution in [0.25, 0.3) is 0 Å². The Morgan fingerprint density at radius 3 is 2.64 bits per heavy atom. The minimum Gasteiger partial charge on any atom is -0.372 e. The first kappa shape index (κ1) is 31.3. The van der Waals surface area contributed by atoms with Crippen LogP contribution in [0.2, 0.25) is 5.02 Å². The van der Waals surface area contributed by atoms with Crippen LogP contribution in [0.1, 0.15) is 73.7 Å². The molecule has 1 aromatic heterocycles. The largest absolute Gasteiger partial charge is 0.372 e. The molecule has 0 radical (unpaired) electrons. The lowest BCUT2D eigenvalue weighted by Gasteiger charge is -2.29. The van der Waals surface area contributed by atoms with Crippen molar-refractivity contribution in [3.8, 4) is 6.07 Å². The molecule has 1 saturated heterocycles. The number of aliphatic hydroxyl groups excluding tert-OH is 1. The Kier molecular flexibility index (Phi) is 9.18. The van der Waals surface area contributed by atoms with Gasteiger partial charge in [0.25, 0.3) is 0 Å². The summed E-state index contributed by atoms with van der Waals surface area (Å²) in [6.07, 6.45) is -0.413. The molecule has 2 N–H and O–H groups in total. The third kappa shape index (κ3) is 6.69. The zero-order valence-electron chi connectivity index (χ0n) is 23.3. The maximum absolute atomic E-state index is 15.5. The summed E-state index contributed by atoms with van der Waals surface area (Å²) < 4.78 is 57.4. The molecule has 0 bridgehead atoms. The zero-order valence-corrected chi connectivity index (χ0v) is 24.1.